The Morgan fingerprint density at radius 3 is 1.60 bits per heavy atom. The second-order valence-electron chi connectivity index (χ2n) is 7.72. The number of hydrogen-bond donors (Lipinski definition) is 0. The lowest BCUT2D eigenvalue weighted by Crippen LogP contribution is -2.12. The summed E-state index contributed by atoms with van der Waals surface area (Å²) in [6.45, 7) is 0. The van der Waals surface area contributed by atoms with E-state index in [9.17, 15) is 0 Å². The zero-order valence-corrected chi connectivity index (χ0v) is 17.8. The van der Waals surface area contributed by atoms with E-state index in [4.69, 9.17) is 0 Å². The SMILES string of the molecule is CN(C)c1cc(C#CC#Cc2c3ccccc3cc3ccccc23)cc(N(C)C)c1. The molecule has 2 heteroatoms. The maximum Gasteiger partial charge on any atom is 0.0412 e. The average Bonchev–Trinajstić information content (AvgIpc) is 2.75. The minimum atomic E-state index is 0.960. The third-order valence-corrected chi connectivity index (χ3v) is 5.16. The topological polar surface area (TPSA) is 6.48 Å². The van der Waals surface area contributed by atoms with Crippen molar-refractivity contribution in [3.8, 4) is 23.7 Å². The highest BCUT2D eigenvalue weighted by atomic mass is 15.1. The molecule has 0 aromatic heterocycles. The highest BCUT2D eigenvalue weighted by Gasteiger charge is 2.05. The van der Waals surface area contributed by atoms with E-state index >= 15 is 0 Å². The van der Waals surface area contributed by atoms with Gasteiger partial charge in [0, 0.05) is 50.7 Å². The fourth-order valence-electron chi connectivity index (χ4n) is 3.53. The average molecular weight is 389 g/mol. The van der Waals surface area contributed by atoms with Gasteiger partial charge in [-0.15, -0.1) is 0 Å². The Bertz CT molecular complexity index is 1280. The van der Waals surface area contributed by atoms with Gasteiger partial charge < -0.3 is 9.80 Å². The standard InChI is InChI=1S/C28H24N2/c1-29(2)24-17-21(18-25(20-24)30(3)4)11-5-8-16-28-26-14-9-6-12-22(26)19-23-13-7-10-15-27(23)28/h6-7,9-10,12-15,17-20H,1-4H3. The summed E-state index contributed by atoms with van der Waals surface area (Å²) < 4.78 is 0. The summed E-state index contributed by atoms with van der Waals surface area (Å²) in [5.74, 6) is 12.7. The first-order chi connectivity index (χ1) is 14.5. The Morgan fingerprint density at radius 2 is 1.07 bits per heavy atom. The first-order valence-corrected chi connectivity index (χ1v) is 9.95. The molecule has 0 spiro atoms. The Morgan fingerprint density at radius 1 is 0.567 bits per heavy atom. The molecule has 0 amide bonds. The van der Waals surface area contributed by atoms with Crippen LogP contribution in [-0.2, 0) is 0 Å². The van der Waals surface area contributed by atoms with Crippen LogP contribution in [0.5, 0.6) is 0 Å². The number of fused-ring (bicyclic) bond motifs is 2. The van der Waals surface area contributed by atoms with Crippen molar-refractivity contribution in [3.05, 3.63) is 83.9 Å². The van der Waals surface area contributed by atoms with Gasteiger partial charge in [-0.1, -0.05) is 60.4 Å². The molecule has 4 aromatic rings. The van der Waals surface area contributed by atoms with Crippen molar-refractivity contribution in [2.45, 2.75) is 0 Å². The molecule has 0 N–H and O–H groups in total. The predicted octanol–water partition coefficient (Wildman–Crippen LogP) is 5.53. The van der Waals surface area contributed by atoms with E-state index in [1.54, 1.807) is 0 Å². The summed E-state index contributed by atoms with van der Waals surface area (Å²) >= 11 is 0. The number of rotatable bonds is 2. The van der Waals surface area contributed by atoms with Crippen LogP contribution in [0, 0.1) is 23.7 Å². The lowest BCUT2D eigenvalue weighted by Gasteiger charge is -2.18. The van der Waals surface area contributed by atoms with Crippen LogP contribution < -0.4 is 9.80 Å². The summed E-state index contributed by atoms with van der Waals surface area (Å²) in [5, 5.41) is 4.72. The van der Waals surface area contributed by atoms with Gasteiger partial charge in [-0.3, -0.25) is 0 Å². The Hall–Kier alpha value is -3.88. The monoisotopic (exact) mass is 388 g/mol. The molecule has 30 heavy (non-hydrogen) atoms. The van der Waals surface area contributed by atoms with E-state index in [-0.39, 0.29) is 0 Å². The highest BCUT2D eigenvalue weighted by molar-refractivity contribution is 6.04. The summed E-state index contributed by atoms with van der Waals surface area (Å²) in [6, 6.07) is 25.3. The lowest BCUT2D eigenvalue weighted by molar-refractivity contribution is 1.10. The molecule has 0 heterocycles. The first kappa shape index (κ1) is 19.4. The van der Waals surface area contributed by atoms with E-state index in [2.05, 4.69) is 106 Å². The smallest absolute Gasteiger partial charge is 0.0412 e. The van der Waals surface area contributed by atoms with Gasteiger partial charge in [-0.2, -0.15) is 0 Å². The molecule has 0 bridgehead atoms. The second-order valence-corrected chi connectivity index (χ2v) is 7.72. The van der Waals surface area contributed by atoms with Crippen LogP contribution in [0.25, 0.3) is 21.5 Å². The first-order valence-electron chi connectivity index (χ1n) is 9.95. The summed E-state index contributed by atoms with van der Waals surface area (Å²) in [5.41, 5.74) is 4.24. The molecule has 0 fully saturated rings. The third kappa shape index (κ3) is 3.95. The quantitative estimate of drug-likeness (QED) is 0.329. The van der Waals surface area contributed by atoms with Crippen LogP contribution in [0.3, 0.4) is 0 Å². The molecule has 0 radical (unpaired) electrons. The van der Waals surface area contributed by atoms with Crippen molar-refractivity contribution in [3.63, 3.8) is 0 Å². The van der Waals surface area contributed by atoms with E-state index in [0.29, 0.717) is 0 Å². The minimum Gasteiger partial charge on any atom is -0.378 e. The van der Waals surface area contributed by atoms with Gasteiger partial charge in [0.1, 0.15) is 0 Å². The second kappa shape index (κ2) is 8.24. The van der Waals surface area contributed by atoms with Gasteiger partial charge >= 0.3 is 0 Å². The fourth-order valence-corrected chi connectivity index (χ4v) is 3.53. The Kier molecular flexibility index (Phi) is 5.34. The maximum absolute atomic E-state index is 3.33. The van der Waals surface area contributed by atoms with E-state index in [0.717, 1.165) is 33.3 Å². The zero-order valence-electron chi connectivity index (χ0n) is 17.8. The van der Waals surface area contributed by atoms with Crippen molar-refractivity contribution in [1.29, 1.82) is 0 Å². The molecule has 0 aliphatic heterocycles. The molecule has 0 aliphatic rings. The normalized spacial score (nSPS) is 10.1. The van der Waals surface area contributed by atoms with Crippen molar-refractivity contribution in [2.75, 3.05) is 38.0 Å². The molecule has 0 saturated heterocycles. The molecule has 4 aromatic carbocycles. The molecule has 0 atom stereocenters. The van der Waals surface area contributed by atoms with E-state index < -0.39 is 0 Å². The fraction of sp³-hybridized carbons (Fsp3) is 0.143. The molecule has 2 nitrogen and oxygen atoms in total. The van der Waals surface area contributed by atoms with Crippen LogP contribution in [0.4, 0.5) is 11.4 Å². The molecule has 0 aliphatic carbocycles. The molecule has 0 unspecified atom stereocenters. The number of nitrogens with zero attached hydrogens (tertiary/aromatic N) is 2. The van der Waals surface area contributed by atoms with Crippen molar-refractivity contribution >= 4 is 32.9 Å². The van der Waals surface area contributed by atoms with E-state index in [1.165, 1.54) is 10.8 Å². The van der Waals surface area contributed by atoms with Gasteiger partial charge in [-0.25, -0.2) is 0 Å². The van der Waals surface area contributed by atoms with Crippen LogP contribution in [0.15, 0.2) is 72.8 Å². The molecular formula is C28H24N2. The van der Waals surface area contributed by atoms with Gasteiger partial charge in [0.05, 0.1) is 0 Å². The van der Waals surface area contributed by atoms with Gasteiger partial charge in [-0.05, 0) is 57.7 Å². The number of benzene rings is 4. The van der Waals surface area contributed by atoms with Crippen LogP contribution in [-0.4, -0.2) is 28.2 Å². The molecule has 0 saturated carbocycles. The summed E-state index contributed by atoms with van der Waals surface area (Å²) in [6.07, 6.45) is 0. The van der Waals surface area contributed by atoms with Crippen LogP contribution >= 0.6 is 0 Å². The van der Waals surface area contributed by atoms with Gasteiger partial charge in [0.2, 0.25) is 0 Å². The van der Waals surface area contributed by atoms with Gasteiger partial charge in [0.25, 0.3) is 0 Å². The third-order valence-electron chi connectivity index (χ3n) is 5.16. The Balaban J connectivity index is 1.78. The number of anilines is 2. The number of hydrogen-bond acceptors (Lipinski definition) is 2. The predicted molar refractivity (Wildman–Crippen MR) is 130 cm³/mol. The zero-order chi connectivity index (χ0) is 21.1. The van der Waals surface area contributed by atoms with Gasteiger partial charge in [0.15, 0.2) is 0 Å². The summed E-state index contributed by atoms with van der Waals surface area (Å²) in [4.78, 5) is 4.18. The lowest BCUT2D eigenvalue weighted by atomic mass is 9.97. The molecule has 4 rings (SSSR count). The van der Waals surface area contributed by atoms with Crippen molar-refractivity contribution in [2.24, 2.45) is 0 Å². The molecular weight excluding hydrogens is 364 g/mol. The van der Waals surface area contributed by atoms with Crippen LogP contribution in [0.1, 0.15) is 11.1 Å². The maximum atomic E-state index is 3.33. The highest BCUT2D eigenvalue weighted by Crippen LogP contribution is 2.27. The van der Waals surface area contributed by atoms with Crippen molar-refractivity contribution in [1.82, 2.24) is 0 Å². The van der Waals surface area contributed by atoms with Crippen LogP contribution in [0.2, 0.25) is 0 Å². The minimum absolute atomic E-state index is 0.960. The van der Waals surface area contributed by atoms with E-state index in [1.807, 2.05) is 28.2 Å². The van der Waals surface area contributed by atoms with Crippen molar-refractivity contribution < 1.29 is 0 Å². The molecule has 146 valence electrons. The summed E-state index contributed by atoms with van der Waals surface area (Å²) in [7, 11) is 8.16. The largest absolute Gasteiger partial charge is 0.378 e. The Labute approximate surface area is 178 Å².